The van der Waals surface area contributed by atoms with Gasteiger partial charge in [-0.3, -0.25) is 0 Å². The molecular weight excluding hydrogens is 331 g/mol. The minimum atomic E-state index is -4.57. The van der Waals surface area contributed by atoms with Gasteiger partial charge in [-0.05, 0) is 18.2 Å². The van der Waals surface area contributed by atoms with Crippen molar-refractivity contribution in [3.8, 4) is 0 Å². The first-order chi connectivity index (χ1) is 10.7. The molecule has 1 saturated heterocycles. The van der Waals surface area contributed by atoms with Crippen LogP contribution in [0.2, 0.25) is 0 Å². The molecule has 2 rings (SSSR count). The number of hydrogen-bond acceptors (Lipinski definition) is 4. The highest BCUT2D eigenvalue weighted by Crippen LogP contribution is 2.30. The number of benzene rings is 1. The summed E-state index contributed by atoms with van der Waals surface area (Å²) in [6.45, 7) is 6.43. The van der Waals surface area contributed by atoms with E-state index in [4.69, 9.17) is 0 Å². The van der Waals surface area contributed by atoms with E-state index < -0.39 is 21.8 Å². The van der Waals surface area contributed by atoms with Crippen molar-refractivity contribution in [2.24, 2.45) is 0 Å². The summed E-state index contributed by atoms with van der Waals surface area (Å²) in [4.78, 5) is -0.370. The number of halogens is 3. The second-order valence-corrected chi connectivity index (χ2v) is 7.07. The summed E-state index contributed by atoms with van der Waals surface area (Å²) in [6, 6.07) is 3.43. The van der Waals surface area contributed by atoms with Crippen LogP contribution >= 0.6 is 0 Å². The van der Waals surface area contributed by atoms with Crippen molar-refractivity contribution >= 4 is 10.0 Å². The van der Waals surface area contributed by atoms with Gasteiger partial charge in [0, 0.05) is 26.2 Å². The van der Waals surface area contributed by atoms with E-state index >= 15 is 0 Å². The van der Waals surface area contributed by atoms with Gasteiger partial charge in [0.15, 0.2) is 0 Å². The Bertz CT molecular complexity index is 637. The maximum Gasteiger partial charge on any atom is 0.416 e. The largest absolute Gasteiger partial charge is 0.416 e. The fourth-order valence-corrected chi connectivity index (χ4v) is 3.92. The molecule has 9 heteroatoms. The molecule has 0 amide bonds. The van der Waals surface area contributed by atoms with Crippen molar-refractivity contribution in [3.63, 3.8) is 0 Å². The molecule has 5 nitrogen and oxygen atoms in total. The Balaban J connectivity index is 2.17. The number of nitrogens with one attached hydrogen (secondary N) is 1. The number of rotatable bonds is 5. The van der Waals surface area contributed by atoms with E-state index in [0.29, 0.717) is 19.2 Å². The molecule has 0 atom stereocenters. The molecule has 0 aromatic heterocycles. The van der Waals surface area contributed by atoms with Gasteiger partial charge in [0.05, 0.1) is 16.5 Å². The Hall–Kier alpha value is -1.16. The normalized spacial score (nSPS) is 18.7. The summed E-state index contributed by atoms with van der Waals surface area (Å²) in [7, 11) is -3.99. The van der Waals surface area contributed by atoms with E-state index in [1.54, 1.807) is 0 Å². The fourth-order valence-electron chi connectivity index (χ4n) is 2.66. The third kappa shape index (κ3) is 4.23. The molecule has 0 aliphatic carbocycles. The predicted molar refractivity (Wildman–Crippen MR) is 80.0 cm³/mol. The van der Waals surface area contributed by atoms with E-state index in [-0.39, 0.29) is 10.9 Å². The van der Waals surface area contributed by atoms with Crippen molar-refractivity contribution in [2.75, 3.05) is 26.2 Å². The van der Waals surface area contributed by atoms with Gasteiger partial charge in [-0.2, -0.15) is 13.2 Å². The van der Waals surface area contributed by atoms with Crippen LogP contribution in [0.5, 0.6) is 0 Å². The summed E-state index contributed by atoms with van der Waals surface area (Å²) in [6.07, 6.45) is -4.57. The number of hydrazine groups is 1. The number of sulfonamides is 1. The number of nitrogens with zero attached hydrogens (tertiary/aromatic N) is 2. The monoisotopic (exact) mass is 351 g/mol. The zero-order valence-electron chi connectivity index (χ0n) is 13.0. The number of alkyl halides is 3. The molecule has 1 heterocycles. The lowest BCUT2D eigenvalue weighted by molar-refractivity contribution is -0.137. The van der Waals surface area contributed by atoms with Crippen LogP contribution in [-0.4, -0.2) is 50.7 Å². The highest BCUT2D eigenvalue weighted by Gasteiger charge is 2.34. The van der Waals surface area contributed by atoms with Crippen LogP contribution < -0.4 is 4.72 Å². The lowest BCUT2D eigenvalue weighted by atomic mass is 10.2. The highest BCUT2D eigenvalue weighted by molar-refractivity contribution is 7.89. The van der Waals surface area contributed by atoms with Gasteiger partial charge in [0.1, 0.15) is 0 Å². The number of likely N-dealkylation sites (N-methyl/N-ethyl adjacent to an activating group) is 2. The molecule has 0 radical (unpaired) electrons. The van der Waals surface area contributed by atoms with E-state index in [9.17, 15) is 21.6 Å². The van der Waals surface area contributed by atoms with Gasteiger partial charge >= 0.3 is 6.18 Å². The lowest BCUT2D eigenvalue weighted by Crippen LogP contribution is -2.38. The maximum absolute atomic E-state index is 12.7. The SMILES string of the molecule is CCN1CC(NS(=O)(=O)c2cccc(C(F)(F)F)c2)CN1CC. The molecule has 1 fully saturated rings. The predicted octanol–water partition coefficient (Wildman–Crippen LogP) is 1.92. The van der Waals surface area contributed by atoms with Crippen LogP contribution in [-0.2, 0) is 16.2 Å². The summed E-state index contributed by atoms with van der Waals surface area (Å²) < 4.78 is 65.4. The Kier molecular flexibility index (Phi) is 5.34. The average Bonchev–Trinajstić information content (AvgIpc) is 2.88. The molecule has 23 heavy (non-hydrogen) atoms. The summed E-state index contributed by atoms with van der Waals surface area (Å²) in [5.41, 5.74) is -0.975. The molecule has 1 N–H and O–H groups in total. The Morgan fingerprint density at radius 1 is 1.17 bits per heavy atom. The zero-order chi connectivity index (χ0) is 17.3. The standard InChI is InChI=1S/C14H20F3N3O2S/c1-3-19-9-12(10-20(19)4-2)18-23(21,22)13-7-5-6-11(8-13)14(15,16)17/h5-8,12,18H,3-4,9-10H2,1-2H3. The molecule has 0 bridgehead atoms. The third-order valence-electron chi connectivity index (χ3n) is 3.79. The quantitative estimate of drug-likeness (QED) is 0.881. The molecule has 1 aliphatic heterocycles. The van der Waals surface area contributed by atoms with Crippen LogP contribution in [0.3, 0.4) is 0 Å². The van der Waals surface area contributed by atoms with Crippen LogP contribution in [0.4, 0.5) is 13.2 Å². The van der Waals surface area contributed by atoms with Crippen LogP contribution in [0.15, 0.2) is 29.2 Å². The van der Waals surface area contributed by atoms with Crippen molar-refractivity contribution in [3.05, 3.63) is 29.8 Å². The van der Waals surface area contributed by atoms with Crippen molar-refractivity contribution in [1.29, 1.82) is 0 Å². The van der Waals surface area contributed by atoms with Crippen molar-refractivity contribution < 1.29 is 21.6 Å². The summed E-state index contributed by atoms with van der Waals surface area (Å²) >= 11 is 0. The first-order valence-corrected chi connectivity index (χ1v) is 8.85. The molecule has 0 spiro atoms. The fraction of sp³-hybridized carbons (Fsp3) is 0.571. The lowest BCUT2D eigenvalue weighted by Gasteiger charge is -2.24. The Labute approximate surface area is 134 Å². The molecule has 130 valence electrons. The van der Waals surface area contributed by atoms with E-state index in [2.05, 4.69) is 4.72 Å². The Morgan fingerprint density at radius 2 is 1.74 bits per heavy atom. The summed E-state index contributed by atoms with van der Waals surface area (Å²) in [5.74, 6) is 0. The Morgan fingerprint density at radius 3 is 2.22 bits per heavy atom. The van der Waals surface area contributed by atoms with Crippen LogP contribution in [0.25, 0.3) is 0 Å². The smallest absolute Gasteiger partial charge is 0.240 e. The average molecular weight is 351 g/mol. The van der Waals surface area contributed by atoms with E-state index in [1.165, 1.54) is 6.07 Å². The van der Waals surface area contributed by atoms with Gasteiger partial charge in [-0.15, -0.1) is 0 Å². The minimum Gasteiger partial charge on any atom is -0.240 e. The van der Waals surface area contributed by atoms with Crippen LogP contribution in [0.1, 0.15) is 19.4 Å². The molecular formula is C14H20F3N3O2S. The van der Waals surface area contributed by atoms with Crippen molar-refractivity contribution in [1.82, 2.24) is 14.7 Å². The zero-order valence-corrected chi connectivity index (χ0v) is 13.8. The first-order valence-electron chi connectivity index (χ1n) is 7.36. The molecule has 1 aliphatic rings. The summed E-state index contributed by atoms with van der Waals surface area (Å²) in [5, 5.41) is 4.03. The number of hydrogen-bond donors (Lipinski definition) is 1. The minimum absolute atomic E-state index is 0.352. The van der Waals surface area contributed by atoms with Crippen molar-refractivity contribution in [2.45, 2.75) is 31.0 Å². The molecule has 1 aromatic rings. The maximum atomic E-state index is 12.7. The van der Waals surface area contributed by atoms with Gasteiger partial charge in [-0.25, -0.2) is 23.2 Å². The van der Waals surface area contributed by atoms with Crippen LogP contribution in [0, 0.1) is 0 Å². The molecule has 0 saturated carbocycles. The second kappa shape index (κ2) is 6.76. The van der Waals surface area contributed by atoms with Gasteiger partial charge < -0.3 is 0 Å². The topological polar surface area (TPSA) is 52.7 Å². The molecule has 0 unspecified atom stereocenters. The highest BCUT2D eigenvalue weighted by atomic mass is 32.2. The van der Waals surface area contributed by atoms with Gasteiger partial charge in [0.25, 0.3) is 0 Å². The third-order valence-corrected chi connectivity index (χ3v) is 5.30. The van der Waals surface area contributed by atoms with E-state index in [0.717, 1.165) is 25.2 Å². The molecule has 1 aromatic carbocycles. The second-order valence-electron chi connectivity index (χ2n) is 5.35. The first kappa shape index (κ1) is 18.2. The van der Waals surface area contributed by atoms with E-state index in [1.807, 2.05) is 23.9 Å². The van der Waals surface area contributed by atoms with Gasteiger partial charge in [-0.1, -0.05) is 19.9 Å². The van der Waals surface area contributed by atoms with Gasteiger partial charge in [0.2, 0.25) is 10.0 Å².